The standard InChI is InChI=1S/C29H30N4O5/c1-32(2)16-17-33(38-4)28(35)20-10-13-22(14-11-20)30-26(19-8-6-5-7-9-19)25-23-15-12-21(29(36)37-3)18-24(23)31-27(25)34/h5-15,18,31,34H,16-17H2,1-4H3. The first kappa shape index (κ1) is 26.6. The molecule has 0 aliphatic heterocycles. The number of aromatic nitrogens is 1. The zero-order chi connectivity index (χ0) is 27.2. The van der Waals surface area contributed by atoms with Crippen molar-refractivity contribution in [3.05, 3.63) is 95.1 Å². The van der Waals surface area contributed by atoms with Crippen molar-refractivity contribution in [3.63, 3.8) is 0 Å². The summed E-state index contributed by atoms with van der Waals surface area (Å²) >= 11 is 0. The predicted octanol–water partition coefficient (Wildman–Crippen LogP) is 4.39. The molecule has 3 aromatic carbocycles. The molecule has 4 rings (SSSR count). The van der Waals surface area contributed by atoms with Gasteiger partial charge in [0.2, 0.25) is 0 Å². The minimum atomic E-state index is -0.470. The summed E-state index contributed by atoms with van der Waals surface area (Å²) in [5.74, 6) is -0.792. The molecule has 0 atom stereocenters. The number of H-pyrrole nitrogens is 1. The molecule has 0 aliphatic rings. The third kappa shape index (κ3) is 5.74. The molecule has 0 saturated heterocycles. The minimum absolute atomic E-state index is 0.0759. The van der Waals surface area contributed by atoms with E-state index in [0.29, 0.717) is 52.1 Å². The number of hydrogen-bond donors (Lipinski definition) is 2. The lowest BCUT2D eigenvalue weighted by atomic mass is 10.00. The van der Waals surface area contributed by atoms with Crippen LogP contribution in [-0.4, -0.2) is 79.0 Å². The van der Waals surface area contributed by atoms with Crippen LogP contribution in [0.1, 0.15) is 31.8 Å². The van der Waals surface area contributed by atoms with Crippen LogP contribution < -0.4 is 0 Å². The van der Waals surface area contributed by atoms with E-state index in [1.54, 1.807) is 42.5 Å². The number of nitrogens with zero attached hydrogens (tertiary/aromatic N) is 3. The van der Waals surface area contributed by atoms with Crippen molar-refractivity contribution in [2.45, 2.75) is 0 Å². The molecule has 0 aliphatic carbocycles. The largest absolute Gasteiger partial charge is 0.494 e. The maximum Gasteiger partial charge on any atom is 0.337 e. The molecule has 1 heterocycles. The van der Waals surface area contributed by atoms with Crippen LogP contribution in [-0.2, 0) is 9.57 Å². The molecule has 0 bridgehead atoms. The van der Waals surface area contributed by atoms with Crippen LogP contribution in [0.2, 0.25) is 0 Å². The maximum atomic E-state index is 12.9. The van der Waals surface area contributed by atoms with Gasteiger partial charge in [-0.2, -0.15) is 0 Å². The lowest BCUT2D eigenvalue weighted by Gasteiger charge is -2.21. The highest BCUT2D eigenvalue weighted by Crippen LogP contribution is 2.32. The van der Waals surface area contributed by atoms with Gasteiger partial charge in [0, 0.05) is 28.6 Å². The first-order valence-electron chi connectivity index (χ1n) is 12.0. The van der Waals surface area contributed by atoms with Crippen LogP contribution in [0.4, 0.5) is 5.69 Å². The average Bonchev–Trinajstić information content (AvgIpc) is 3.26. The van der Waals surface area contributed by atoms with Crippen molar-refractivity contribution in [2.24, 2.45) is 4.99 Å². The van der Waals surface area contributed by atoms with Gasteiger partial charge >= 0.3 is 5.97 Å². The van der Waals surface area contributed by atoms with E-state index >= 15 is 0 Å². The Kier molecular flexibility index (Phi) is 8.20. The molecule has 2 N–H and O–H groups in total. The Morgan fingerprint density at radius 3 is 2.21 bits per heavy atom. The molecule has 0 spiro atoms. The Labute approximate surface area is 220 Å². The number of methoxy groups -OCH3 is 1. The fourth-order valence-electron chi connectivity index (χ4n) is 4.05. The molecule has 1 aromatic heterocycles. The monoisotopic (exact) mass is 514 g/mol. The molecule has 196 valence electrons. The molecule has 0 unspecified atom stereocenters. The first-order valence-corrected chi connectivity index (χ1v) is 12.0. The Balaban J connectivity index is 1.73. The summed E-state index contributed by atoms with van der Waals surface area (Å²) in [7, 11) is 6.65. The third-order valence-corrected chi connectivity index (χ3v) is 6.04. The number of ether oxygens (including phenoxy) is 1. The normalized spacial score (nSPS) is 11.7. The summed E-state index contributed by atoms with van der Waals surface area (Å²) in [5.41, 5.74) is 3.81. The molecule has 9 heteroatoms. The number of amides is 1. The summed E-state index contributed by atoms with van der Waals surface area (Å²) in [6, 6.07) is 21.4. The van der Waals surface area contributed by atoms with Gasteiger partial charge in [0.05, 0.1) is 43.3 Å². The van der Waals surface area contributed by atoms with Gasteiger partial charge < -0.3 is 19.7 Å². The average molecular weight is 515 g/mol. The number of hydrogen-bond acceptors (Lipinski definition) is 7. The van der Waals surface area contributed by atoms with E-state index in [9.17, 15) is 14.7 Å². The van der Waals surface area contributed by atoms with Crippen molar-refractivity contribution in [1.29, 1.82) is 0 Å². The number of carbonyl (C=O) groups excluding carboxylic acids is 2. The van der Waals surface area contributed by atoms with Gasteiger partial charge in [-0.15, -0.1) is 0 Å². The molecule has 0 saturated carbocycles. The number of aliphatic imine (C=N–C) groups is 1. The SMILES string of the molecule is COC(=O)c1ccc2c(C(=Nc3ccc(C(=O)N(CCN(C)C)OC)cc3)c3ccccc3)c(O)[nH]c2c1. The summed E-state index contributed by atoms with van der Waals surface area (Å²) in [6.45, 7) is 1.09. The van der Waals surface area contributed by atoms with Crippen molar-refractivity contribution < 1.29 is 24.3 Å². The van der Waals surface area contributed by atoms with E-state index in [-0.39, 0.29) is 11.8 Å². The lowest BCUT2D eigenvalue weighted by Crippen LogP contribution is -2.35. The van der Waals surface area contributed by atoms with Crippen molar-refractivity contribution in [3.8, 4) is 5.88 Å². The number of likely N-dealkylation sites (N-methyl/N-ethyl adjacent to an activating group) is 1. The van der Waals surface area contributed by atoms with Gasteiger partial charge in [-0.25, -0.2) is 14.9 Å². The zero-order valence-corrected chi connectivity index (χ0v) is 21.8. The van der Waals surface area contributed by atoms with Crippen LogP contribution >= 0.6 is 0 Å². The molecule has 9 nitrogen and oxygen atoms in total. The summed E-state index contributed by atoms with van der Waals surface area (Å²) in [4.78, 5) is 39.9. The summed E-state index contributed by atoms with van der Waals surface area (Å²) < 4.78 is 4.81. The topological polar surface area (TPSA) is 107 Å². The predicted molar refractivity (Wildman–Crippen MR) is 146 cm³/mol. The summed E-state index contributed by atoms with van der Waals surface area (Å²) in [5, 5.41) is 12.9. The molecular formula is C29H30N4O5. The van der Waals surface area contributed by atoms with Crippen LogP contribution in [0.25, 0.3) is 10.9 Å². The third-order valence-electron chi connectivity index (χ3n) is 6.04. The molecule has 4 aromatic rings. The highest BCUT2D eigenvalue weighted by atomic mass is 16.7. The van der Waals surface area contributed by atoms with Gasteiger partial charge in [0.25, 0.3) is 5.91 Å². The van der Waals surface area contributed by atoms with Gasteiger partial charge in [0.1, 0.15) is 0 Å². The second-order valence-electron chi connectivity index (χ2n) is 8.87. The number of hydroxylamine groups is 2. The Morgan fingerprint density at radius 1 is 0.895 bits per heavy atom. The lowest BCUT2D eigenvalue weighted by molar-refractivity contribution is -0.0967. The number of aromatic hydroxyl groups is 1. The second kappa shape index (κ2) is 11.7. The highest BCUT2D eigenvalue weighted by Gasteiger charge is 2.20. The number of rotatable bonds is 9. The molecule has 1 amide bonds. The van der Waals surface area contributed by atoms with Crippen LogP contribution in [0.5, 0.6) is 5.88 Å². The van der Waals surface area contributed by atoms with Crippen molar-refractivity contribution in [2.75, 3.05) is 41.4 Å². The Morgan fingerprint density at radius 2 is 1.58 bits per heavy atom. The van der Waals surface area contributed by atoms with E-state index in [4.69, 9.17) is 14.6 Å². The molecule has 0 radical (unpaired) electrons. The molecular weight excluding hydrogens is 484 g/mol. The Hall–Kier alpha value is -4.47. The number of benzene rings is 3. The van der Waals surface area contributed by atoms with E-state index in [0.717, 1.165) is 5.56 Å². The number of esters is 1. The first-order chi connectivity index (χ1) is 18.3. The van der Waals surface area contributed by atoms with Crippen LogP contribution in [0, 0.1) is 0 Å². The minimum Gasteiger partial charge on any atom is -0.494 e. The quantitative estimate of drug-likeness (QED) is 0.195. The fourth-order valence-corrected chi connectivity index (χ4v) is 4.05. The number of nitrogens with one attached hydrogen (secondary N) is 1. The van der Waals surface area contributed by atoms with E-state index in [1.807, 2.05) is 49.3 Å². The van der Waals surface area contributed by atoms with Gasteiger partial charge in [-0.05, 0) is 50.5 Å². The zero-order valence-electron chi connectivity index (χ0n) is 21.8. The fraction of sp³-hybridized carbons (Fsp3) is 0.207. The van der Waals surface area contributed by atoms with Crippen LogP contribution in [0.3, 0.4) is 0 Å². The molecule has 38 heavy (non-hydrogen) atoms. The highest BCUT2D eigenvalue weighted by molar-refractivity contribution is 6.22. The van der Waals surface area contributed by atoms with Crippen molar-refractivity contribution in [1.82, 2.24) is 14.9 Å². The van der Waals surface area contributed by atoms with E-state index in [1.165, 1.54) is 19.3 Å². The number of aromatic amines is 1. The number of carbonyl (C=O) groups is 2. The Bertz CT molecular complexity index is 1460. The smallest absolute Gasteiger partial charge is 0.337 e. The van der Waals surface area contributed by atoms with Gasteiger partial charge in [0.15, 0.2) is 5.88 Å². The van der Waals surface area contributed by atoms with Gasteiger partial charge in [-0.1, -0.05) is 36.4 Å². The van der Waals surface area contributed by atoms with Crippen molar-refractivity contribution >= 4 is 34.2 Å². The molecule has 0 fully saturated rings. The maximum absolute atomic E-state index is 12.9. The second-order valence-corrected chi connectivity index (χ2v) is 8.87. The summed E-state index contributed by atoms with van der Waals surface area (Å²) in [6.07, 6.45) is 0. The van der Waals surface area contributed by atoms with Crippen LogP contribution in [0.15, 0.2) is 77.8 Å². The van der Waals surface area contributed by atoms with E-state index in [2.05, 4.69) is 4.98 Å². The number of fused-ring (bicyclic) bond motifs is 1. The van der Waals surface area contributed by atoms with E-state index < -0.39 is 5.97 Å². The van der Waals surface area contributed by atoms with Gasteiger partial charge in [-0.3, -0.25) is 9.63 Å².